The van der Waals surface area contributed by atoms with Crippen LogP contribution >= 0.6 is 15.9 Å². The third-order valence-electron chi connectivity index (χ3n) is 3.23. The van der Waals surface area contributed by atoms with Gasteiger partial charge in [0.1, 0.15) is 6.04 Å². The average Bonchev–Trinajstić information content (AvgIpc) is 2.59. The fourth-order valence-electron chi connectivity index (χ4n) is 2.40. The van der Waals surface area contributed by atoms with Crippen molar-refractivity contribution in [3.8, 4) is 0 Å². The van der Waals surface area contributed by atoms with Gasteiger partial charge in [0.15, 0.2) is 0 Å². The van der Waals surface area contributed by atoms with Crippen LogP contribution < -0.4 is 5.73 Å². The number of carboxylic acid groups (broad SMARTS) is 1. The smallest absolute Gasteiger partial charge is 0.325 e. The Balaban J connectivity index is 2.81. The number of hydrogen-bond donors (Lipinski definition) is 2. The molecule has 2 aromatic rings. The molecule has 0 aliphatic heterocycles. The number of nitrogens with zero attached hydrogens (tertiary/aromatic N) is 1. The third-order valence-corrected chi connectivity index (χ3v) is 3.72. The molecule has 1 atom stereocenters. The van der Waals surface area contributed by atoms with Gasteiger partial charge in [-0.3, -0.25) is 4.79 Å². The van der Waals surface area contributed by atoms with Gasteiger partial charge in [-0.25, -0.2) is 0 Å². The second-order valence-corrected chi connectivity index (χ2v) is 5.14. The van der Waals surface area contributed by atoms with E-state index in [-0.39, 0.29) is 0 Å². The fourth-order valence-corrected chi connectivity index (χ4v) is 2.75. The van der Waals surface area contributed by atoms with E-state index < -0.39 is 12.0 Å². The molecule has 0 radical (unpaired) electrons. The molecule has 0 fully saturated rings. The molecule has 1 unspecified atom stereocenters. The van der Waals surface area contributed by atoms with Crippen LogP contribution in [0.3, 0.4) is 0 Å². The first-order valence-electron chi connectivity index (χ1n) is 5.74. The average molecular weight is 311 g/mol. The number of rotatable bonds is 3. The van der Waals surface area contributed by atoms with Crippen molar-refractivity contribution in [2.75, 3.05) is 0 Å². The lowest BCUT2D eigenvalue weighted by Crippen LogP contribution is -2.21. The molecule has 0 spiro atoms. The molecular weight excluding hydrogens is 296 g/mol. The number of aliphatic carboxylic acids is 1. The number of carbonyl (C=O) groups is 1. The summed E-state index contributed by atoms with van der Waals surface area (Å²) in [5.74, 6) is -1.00. The van der Waals surface area contributed by atoms with Gasteiger partial charge in [-0.2, -0.15) is 0 Å². The minimum absolute atomic E-state index is 0.701. The van der Waals surface area contributed by atoms with E-state index in [0.717, 1.165) is 27.6 Å². The Morgan fingerprint density at radius 1 is 1.56 bits per heavy atom. The van der Waals surface area contributed by atoms with Gasteiger partial charge < -0.3 is 15.4 Å². The van der Waals surface area contributed by atoms with Crippen molar-refractivity contribution < 1.29 is 9.90 Å². The molecule has 0 saturated heterocycles. The maximum atomic E-state index is 11.1. The molecule has 1 heterocycles. The minimum Gasteiger partial charge on any atom is -0.480 e. The highest BCUT2D eigenvalue weighted by atomic mass is 79.9. The number of nitrogens with two attached hydrogens (primary N) is 1. The van der Waals surface area contributed by atoms with Gasteiger partial charge in [0.25, 0.3) is 0 Å². The number of aromatic nitrogens is 1. The van der Waals surface area contributed by atoms with Gasteiger partial charge in [-0.05, 0) is 26.0 Å². The maximum Gasteiger partial charge on any atom is 0.325 e. The second-order valence-electron chi connectivity index (χ2n) is 4.22. The van der Waals surface area contributed by atoms with E-state index in [4.69, 9.17) is 10.8 Å². The highest BCUT2D eigenvalue weighted by Crippen LogP contribution is 2.31. The Morgan fingerprint density at radius 3 is 2.78 bits per heavy atom. The van der Waals surface area contributed by atoms with E-state index in [9.17, 15) is 4.79 Å². The summed E-state index contributed by atoms with van der Waals surface area (Å²) < 4.78 is 3.05. The van der Waals surface area contributed by atoms with Gasteiger partial charge >= 0.3 is 5.97 Å². The summed E-state index contributed by atoms with van der Waals surface area (Å²) in [4.78, 5) is 11.1. The highest BCUT2D eigenvalue weighted by molar-refractivity contribution is 9.10. The molecular formula is C13H15BrN2O2. The molecule has 4 nitrogen and oxygen atoms in total. The van der Waals surface area contributed by atoms with Crippen molar-refractivity contribution in [2.24, 2.45) is 5.73 Å². The van der Waals surface area contributed by atoms with E-state index in [1.807, 2.05) is 32.0 Å². The lowest BCUT2D eigenvalue weighted by atomic mass is 10.0. The van der Waals surface area contributed by atoms with Crippen molar-refractivity contribution in [3.05, 3.63) is 33.9 Å². The molecule has 0 bridgehead atoms. The summed E-state index contributed by atoms with van der Waals surface area (Å²) in [7, 11) is 0. The summed E-state index contributed by atoms with van der Waals surface area (Å²) in [6.45, 7) is 4.73. The molecule has 0 saturated carbocycles. The van der Waals surface area contributed by atoms with E-state index in [1.54, 1.807) is 0 Å². The lowest BCUT2D eigenvalue weighted by molar-refractivity contribution is -0.138. The fraction of sp³-hybridized carbons (Fsp3) is 0.308. The molecule has 1 aromatic carbocycles. The SMILES string of the molecule is CCn1c(C)c(C(N)C(=O)O)c2ccc(Br)cc21. The number of aryl methyl sites for hydroxylation is 1. The number of benzene rings is 1. The van der Waals surface area contributed by atoms with E-state index in [2.05, 4.69) is 20.5 Å². The predicted molar refractivity (Wildman–Crippen MR) is 74.6 cm³/mol. The van der Waals surface area contributed by atoms with Crippen LogP contribution in [0.25, 0.3) is 10.9 Å². The first-order chi connectivity index (χ1) is 8.47. The van der Waals surface area contributed by atoms with Gasteiger partial charge in [0.2, 0.25) is 0 Å². The molecule has 1 aromatic heterocycles. The summed E-state index contributed by atoms with van der Waals surface area (Å²) >= 11 is 3.43. The zero-order chi connectivity index (χ0) is 13.4. The van der Waals surface area contributed by atoms with Crippen LogP contribution in [0.5, 0.6) is 0 Å². The molecule has 0 aliphatic rings. The first-order valence-corrected chi connectivity index (χ1v) is 6.53. The van der Waals surface area contributed by atoms with E-state index >= 15 is 0 Å². The van der Waals surface area contributed by atoms with Gasteiger partial charge in [-0.1, -0.05) is 22.0 Å². The normalized spacial score (nSPS) is 12.9. The second kappa shape index (κ2) is 4.74. The van der Waals surface area contributed by atoms with Crippen LogP contribution in [0, 0.1) is 6.92 Å². The highest BCUT2D eigenvalue weighted by Gasteiger charge is 2.23. The summed E-state index contributed by atoms with van der Waals surface area (Å²) in [5.41, 5.74) is 8.41. The Labute approximate surface area is 114 Å². The van der Waals surface area contributed by atoms with Gasteiger partial charge in [-0.15, -0.1) is 0 Å². The van der Waals surface area contributed by atoms with Crippen LogP contribution in [-0.2, 0) is 11.3 Å². The molecule has 5 heteroatoms. The third kappa shape index (κ3) is 1.93. The number of fused-ring (bicyclic) bond motifs is 1. The van der Waals surface area contributed by atoms with Crippen LogP contribution in [-0.4, -0.2) is 15.6 Å². The topological polar surface area (TPSA) is 68.2 Å². The largest absolute Gasteiger partial charge is 0.480 e. The molecule has 3 N–H and O–H groups in total. The zero-order valence-corrected chi connectivity index (χ0v) is 11.9. The Kier molecular flexibility index (Phi) is 3.45. The standard InChI is InChI=1S/C13H15BrN2O2/c1-3-16-7(2)11(12(15)13(17)18)9-5-4-8(14)6-10(9)16/h4-6,12H,3,15H2,1-2H3,(H,17,18). The quantitative estimate of drug-likeness (QED) is 0.916. The van der Waals surface area contributed by atoms with Gasteiger partial charge in [0.05, 0.1) is 0 Å². The first kappa shape index (κ1) is 13.1. The Morgan fingerprint density at radius 2 is 2.22 bits per heavy atom. The summed E-state index contributed by atoms with van der Waals surface area (Å²) in [6.07, 6.45) is 0. The predicted octanol–water partition coefficient (Wildman–Crippen LogP) is 2.82. The van der Waals surface area contributed by atoms with E-state index in [0.29, 0.717) is 5.56 Å². The van der Waals surface area contributed by atoms with Crippen molar-refractivity contribution in [3.63, 3.8) is 0 Å². The van der Waals surface area contributed by atoms with Crippen molar-refractivity contribution in [2.45, 2.75) is 26.4 Å². The molecule has 0 amide bonds. The van der Waals surface area contributed by atoms with Crippen molar-refractivity contribution in [1.29, 1.82) is 0 Å². The monoisotopic (exact) mass is 310 g/mol. The lowest BCUT2D eigenvalue weighted by Gasteiger charge is -2.08. The van der Waals surface area contributed by atoms with Crippen LogP contribution in [0.4, 0.5) is 0 Å². The molecule has 96 valence electrons. The van der Waals surface area contributed by atoms with Crippen LogP contribution in [0.1, 0.15) is 24.2 Å². The number of carboxylic acids is 1. The summed E-state index contributed by atoms with van der Waals surface area (Å²) in [5, 5.41) is 10.0. The molecule has 0 aliphatic carbocycles. The molecule has 18 heavy (non-hydrogen) atoms. The zero-order valence-electron chi connectivity index (χ0n) is 10.3. The van der Waals surface area contributed by atoms with Gasteiger partial charge in [0, 0.05) is 33.2 Å². The van der Waals surface area contributed by atoms with E-state index in [1.165, 1.54) is 0 Å². The van der Waals surface area contributed by atoms with Crippen molar-refractivity contribution >= 4 is 32.8 Å². The summed E-state index contributed by atoms with van der Waals surface area (Å²) in [6, 6.07) is 4.82. The number of halogens is 1. The Bertz CT molecular complexity index is 619. The number of hydrogen-bond acceptors (Lipinski definition) is 2. The maximum absolute atomic E-state index is 11.1. The van der Waals surface area contributed by atoms with Crippen LogP contribution in [0.2, 0.25) is 0 Å². The van der Waals surface area contributed by atoms with Crippen LogP contribution in [0.15, 0.2) is 22.7 Å². The minimum atomic E-state index is -1.00. The molecule has 2 rings (SSSR count). The Hall–Kier alpha value is -1.33. The van der Waals surface area contributed by atoms with Crippen molar-refractivity contribution in [1.82, 2.24) is 4.57 Å².